The number of hydrogen-bond acceptors (Lipinski definition) is 3. The Morgan fingerprint density at radius 1 is 1.29 bits per heavy atom. The Hall–Kier alpha value is -1.77. The van der Waals surface area contributed by atoms with Crippen LogP contribution in [0.4, 0.5) is 4.79 Å². The zero-order chi connectivity index (χ0) is 15.8. The molecule has 1 aliphatic rings. The van der Waals surface area contributed by atoms with Gasteiger partial charge in [0.05, 0.1) is 0 Å². The van der Waals surface area contributed by atoms with Crippen molar-refractivity contribution in [3.05, 3.63) is 41.0 Å². The zero-order valence-corrected chi connectivity index (χ0v) is 13.7. The van der Waals surface area contributed by atoms with E-state index in [9.17, 15) is 4.79 Å². The standard InChI is InChI=1S/C18H24O3/c1-7-13-10-12-11-14(8-9-15(12)18(13,5)6)20-16(19)21-17(2,3)4/h7-9,11H,10H2,1-6H3. The lowest BCUT2D eigenvalue weighted by atomic mass is 9.83. The quantitative estimate of drug-likeness (QED) is 0.424. The summed E-state index contributed by atoms with van der Waals surface area (Å²) in [6.45, 7) is 12.0. The van der Waals surface area contributed by atoms with E-state index in [0.29, 0.717) is 5.75 Å². The van der Waals surface area contributed by atoms with Crippen LogP contribution in [-0.2, 0) is 16.6 Å². The van der Waals surface area contributed by atoms with Gasteiger partial charge in [0.15, 0.2) is 0 Å². The maximum absolute atomic E-state index is 11.7. The second-order valence-electron chi connectivity index (χ2n) is 7.00. The van der Waals surface area contributed by atoms with E-state index in [4.69, 9.17) is 9.47 Å². The minimum absolute atomic E-state index is 0.0501. The van der Waals surface area contributed by atoms with Crippen molar-refractivity contribution in [3.8, 4) is 5.75 Å². The lowest BCUT2D eigenvalue weighted by Gasteiger charge is -2.22. The van der Waals surface area contributed by atoms with Crippen molar-refractivity contribution in [2.24, 2.45) is 0 Å². The van der Waals surface area contributed by atoms with Crippen LogP contribution in [0.15, 0.2) is 29.8 Å². The highest BCUT2D eigenvalue weighted by atomic mass is 16.7. The summed E-state index contributed by atoms with van der Waals surface area (Å²) in [5.74, 6) is 0.538. The number of rotatable bonds is 1. The molecule has 0 spiro atoms. The van der Waals surface area contributed by atoms with Gasteiger partial charge < -0.3 is 9.47 Å². The molecule has 0 aromatic heterocycles. The summed E-state index contributed by atoms with van der Waals surface area (Å²) in [5, 5.41) is 0. The maximum Gasteiger partial charge on any atom is 0.514 e. The molecule has 0 bridgehead atoms. The van der Waals surface area contributed by atoms with E-state index >= 15 is 0 Å². The van der Waals surface area contributed by atoms with E-state index in [-0.39, 0.29) is 5.41 Å². The zero-order valence-electron chi connectivity index (χ0n) is 13.7. The number of ether oxygens (including phenoxy) is 2. The molecule has 0 heterocycles. The molecule has 3 heteroatoms. The van der Waals surface area contributed by atoms with E-state index < -0.39 is 11.8 Å². The summed E-state index contributed by atoms with van der Waals surface area (Å²) in [6.07, 6.45) is 2.42. The summed E-state index contributed by atoms with van der Waals surface area (Å²) < 4.78 is 10.4. The van der Waals surface area contributed by atoms with Crippen LogP contribution in [0.3, 0.4) is 0 Å². The normalized spacial score (nSPS) is 18.5. The number of carbonyl (C=O) groups is 1. The van der Waals surface area contributed by atoms with Crippen molar-refractivity contribution in [3.63, 3.8) is 0 Å². The molecule has 21 heavy (non-hydrogen) atoms. The summed E-state index contributed by atoms with van der Waals surface area (Å²) in [4.78, 5) is 11.7. The third-order valence-corrected chi connectivity index (χ3v) is 3.87. The highest BCUT2D eigenvalue weighted by Crippen LogP contribution is 2.43. The minimum Gasteiger partial charge on any atom is -0.428 e. The molecule has 3 nitrogen and oxygen atoms in total. The van der Waals surface area contributed by atoms with Gasteiger partial charge in [-0.1, -0.05) is 31.6 Å². The molecule has 0 saturated heterocycles. The molecule has 114 valence electrons. The van der Waals surface area contributed by atoms with Crippen LogP contribution in [0.1, 0.15) is 52.7 Å². The summed E-state index contributed by atoms with van der Waals surface area (Å²) >= 11 is 0. The highest BCUT2D eigenvalue weighted by molar-refractivity contribution is 5.65. The summed E-state index contributed by atoms with van der Waals surface area (Å²) in [5.41, 5.74) is 3.41. The van der Waals surface area contributed by atoms with Crippen molar-refractivity contribution in [2.45, 2.75) is 59.0 Å². The lowest BCUT2D eigenvalue weighted by Crippen LogP contribution is -2.26. The molecule has 0 unspecified atom stereocenters. The first kappa shape index (κ1) is 15.6. The maximum atomic E-state index is 11.7. The molecule has 0 fully saturated rings. The fraction of sp³-hybridized carbons (Fsp3) is 0.500. The van der Waals surface area contributed by atoms with Crippen molar-refractivity contribution >= 4 is 6.16 Å². The van der Waals surface area contributed by atoms with E-state index in [0.717, 1.165) is 6.42 Å². The van der Waals surface area contributed by atoms with Crippen molar-refractivity contribution in [2.75, 3.05) is 0 Å². The average molecular weight is 288 g/mol. The number of allylic oxidation sites excluding steroid dienone is 2. The molecular weight excluding hydrogens is 264 g/mol. The van der Waals surface area contributed by atoms with Gasteiger partial charge in [-0.15, -0.1) is 0 Å². The van der Waals surface area contributed by atoms with E-state index in [2.05, 4.69) is 26.8 Å². The third-order valence-electron chi connectivity index (χ3n) is 3.87. The first-order chi connectivity index (χ1) is 9.63. The SMILES string of the molecule is CC=C1Cc2cc(OC(=O)OC(C)(C)C)ccc2C1(C)C. The largest absolute Gasteiger partial charge is 0.514 e. The van der Waals surface area contributed by atoms with E-state index in [1.165, 1.54) is 16.7 Å². The van der Waals surface area contributed by atoms with Gasteiger partial charge in [-0.25, -0.2) is 4.79 Å². The smallest absolute Gasteiger partial charge is 0.428 e. The molecule has 1 aromatic carbocycles. The van der Waals surface area contributed by atoms with Gasteiger partial charge in [-0.2, -0.15) is 0 Å². The highest BCUT2D eigenvalue weighted by Gasteiger charge is 2.34. The minimum atomic E-state index is -0.661. The van der Waals surface area contributed by atoms with Crippen molar-refractivity contribution in [1.82, 2.24) is 0 Å². The molecule has 1 aliphatic carbocycles. The van der Waals surface area contributed by atoms with Crippen LogP contribution in [-0.4, -0.2) is 11.8 Å². The van der Waals surface area contributed by atoms with Crippen molar-refractivity contribution < 1.29 is 14.3 Å². The van der Waals surface area contributed by atoms with Crippen LogP contribution in [0.25, 0.3) is 0 Å². The van der Waals surface area contributed by atoms with Gasteiger partial charge in [0.25, 0.3) is 0 Å². The van der Waals surface area contributed by atoms with Gasteiger partial charge in [-0.05, 0) is 57.4 Å². The number of hydrogen-bond donors (Lipinski definition) is 0. The molecule has 0 N–H and O–H groups in total. The number of fused-ring (bicyclic) bond motifs is 1. The van der Waals surface area contributed by atoms with Gasteiger partial charge >= 0.3 is 6.16 Å². The fourth-order valence-electron chi connectivity index (χ4n) is 2.82. The molecule has 0 atom stereocenters. The Bertz CT molecular complexity index is 589. The molecule has 0 saturated carbocycles. The molecule has 0 aliphatic heterocycles. The molecule has 0 amide bonds. The summed E-state index contributed by atoms with van der Waals surface area (Å²) in [6, 6.07) is 5.83. The first-order valence-corrected chi connectivity index (χ1v) is 7.33. The van der Waals surface area contributed by atoms with Crippen LogP contribution in [0.2, 0.25) is 0 Å². The van der Waals surface area contributed by atoms with E-state index in [1.807, 2.05) is 39.0 Å². The number of benzene rings is 1. The second kappa shape index (κ2) is 5.21. The monoisotopic (exact) mass is 288 g/mol. The van der Waals surface area contributed by atoms with Crippen LogP contribution >= 0.6 is 0 Å². The first-order valence-electron chi connectivity index (χ1n) is 7.33. The van der Waals surface area contributed by atoms with Crippen LogP contribution in [0, 0.1) is 0 Å². The Labute approximate surface area is 127 Å². The molecule has 0 radical (unpaired) electrons. The molecule has 1 aromatic rings. The van der Waals surface area contributed by atoms with Crippen molar-refractivity contribution in [1.29, 1.82) is 0 Å². The number of carbonyl (C=O) groups excluding carboxylic acids is 1. The fourth-order valence-corrected chi connectivity index (χ4v) is 2.82. The van der Waals surface area contributed by atoms with E-state index in [1.54, 1.807) is 0 Å². The Morgan fingerprint density at radius 2 is 1.95 bits per heavy atom. The molecule has 2 rings (SSSR count). The predicted molar refractivity (Wildman–Crippen MR) is 83.8 cm³/mol. The predicted octanol–water partition coefficient (Wildman–Crippen LogP) is 4.78. The van der Waals surface area contributed by atoms with Crippen LogP contribution < -0.4 is 4.74 Å². The lowest BCUT2D eigenvalue weighted by molar-refractivity contribution is 0.0206. The third kappa shape index (κ3) is 3.29. The topological polar surface area (TPSA) is 35.5 Å². The van der Waals surface area contributed by atoms with Gasteiger partial charge in [0, 0.05) is 5.41 Å². The van der Waals surface area contributed by atoms with Gasteiger partial charge in [0.2, 0.25) is 0 Å². The Balaban J connectivity index is 2.19. The summed E-state index contributed by atoms with van der Waals surface area (Å²) in [7, 11) is 0. The van der Waals surface area contributed by atoms with Gasteiger partial charge in [-0.3, -0.25) is 0 Å². The average Bonchev–Trinajstić information content (AvgIpc) is 2.57. The molecular formula is C18H24O3. The Morgan fingerprint density at radius 3 is 2.52 bits per heavy atom. The second-order valence-corrected chi connectivity index (χ2v) is 7.00. The Kier molecular flexibility index (Phi) is 3.87. The van der Waals surface area contributed by atoms with Crippen LogP contribution in [0.5, 0.6) is 5.75 Å². The van der Waals surface area contributed by atoms with Gasteiger partial charge in [0.1, 0.15) is 11.4 Å².